The van der Waals surface area contributed by atoms with Gasteiger partial charge in [-0.25, -0.2) is 0 Å². The second-order valence-electron chi connectivity index (χ2n) is 3.09. The van der Waals surface area contributed by atoms with E-state index in [0.717, 1.165) is 11.4 Å². The highest BCUT2D eigenvalue weighted by molar-refractivity contribution is 6.30. The molecule has 2 aromatic rings. The van der Waals surface area contributed by atoms with E-state index in [9.17, 15) is 0 Å². The Morgan fingerprint density at radius 1 is 1.13 bits per heavy atom. The number of benzene rings is 1. The van der Waals surface area contributed by atoms with Crippen molar-refractivity contribution >= 4 is 28.7 Å². The van der Waals surface area contributed by atoms with Gasteiger partial charge in [0.1, 0.15) is 0 Å². The van der Waals surface area contributed by atoms with Gasteiger partial charge in [-0.1, -0.05) is 11.6 Å². The molecule has 1 aromatic carbocycles. The van der Waals surface area contributed by atoms with Crippen LogP contribution in [-0.2, 0) is 0 Å². The summed E-state index contributed by atoms with van der Waals surface area (Å²) in [5.74, 6) is 0. The summed E-state index contributed by atoms with van der Waals surface area (Å²) in [6, 6.07) is 9.15. The molecule has 0 radical (unpaired) electrons. The highest BCUT2D eigenvalue weighted by Crippen LogP contribution is 2.22. The third-order valence-electron chi connectivity index (χ3n) is 1.98. The average Bonchev–Trinajstić information content (AvgIpc) is 2.25. The summed E-state index contributed by atoms with van der Waals surface area (Å²) in [5.41, 5.74) is 8.16. The molecule has 76 valence electrons. The fourth-order valence-corrected chi connectivity index (χ4v) is 1.32. The van der Waals surface area contributed by atoms with Crippen molar-refractivity contribution in [3.63, 3.8) is 0 Å². The molecule has 1 aromatic heterocycles. The molecule has 0 saturated carbocycles. The number of nitrogen functional groups attached to an aromatic ring is 1. The van der Waals surface area contributed by atoms with Gasteiger partial charge < -0.3 is 11.1 Å². The van der Waals surface area contributed by atoms with Crippen LogP contribution < -0.4 is 11.1 Å². The molecule has 3 nitrogen and oxygen atoms in total. The molecular weight excluding hydrogens is 210 g/mol. The maximum absolute atomic E-state index is 5.78. The molecule has 15 heavy (non-hydrogen) atoms. The number of pyridine rings is 1. The van der Waals surface area contributed by atoms with E-state index in [2.05, 4.69) is 10.3 Å². The van der Waals surface area contributed by atoms with Gasteiger partial charge in [0, 0.05) is 16.9 Å². The smallest absolute Gasteiger partial charge is 0.0804 e. The summed E-state index contributed by atoms with van der Waals surface area (Å²) < 4.78 is 0. The van der Waals surface area contributed by atoms with Crippen LogP contribution in [0.1, 0.15) is 0 Å². The van der Waals surface area contributed by atoms with Gasteiger partial charge in [0.25, 0.3) is 0 Å². The minimum absolute atomic E-state index is 0.667. The zero-order valence-electron chi connectivity index (χ0n) is 7.94. The standard InChI is InChI=1S/C11H10ClN3/c12-8-1-3-9(4-2-8)15-11-7-14-6-5-10(11)13/h1-7,15H,(H2,13,14). The Hall–Kier alpha value is -1.74. The summed E-state index contributed by atoms with van der Waals surface area (Å²) in [6.45, 7) is 0. The summed E-state index contributed by atoms with van der Waals surface area (Å²) in [6.07, 6.45) is 3.34. The Kier molecular flexibility index (Phi) is 2.74. The predicted octanol–water partition coefficient (Wildman–Crippen LogP) is 3.06. The van der Waals surface area contributed by atoms with Crippen molar-refractivity contribution in [1.29, 1.82) is 0 Å². The predicted molar refractivity (Wildman–Crippen MR) is 63.4 cm³/mol. The van der Waals surface area contributed by atoms with E-state index in [1.54, 1.807) is 18.5 Å². The molecule has 0 aliphatic carbocycles. The fraction of sp³-hybridized carbons (Fsp3) is 0. The highest BCUT2D eigenvalue weighted by atomic mass is 35.5. The number of hydrogen-bond donors (Lipinski definition) is 2. The van der Waals surface area contributed by atoms with Crippen molar-refractivity contribution < 1.29 is 0 Å². The number of nitrogens with two attached hydrogens (primary N) is 1. The largest absolute Gasteiger partial charge is 0.397 e. The van der Waals surface area contributed by atoms with E-state index in [1.165, 1.54) is 0 Å². The van der Waals surface area contributed by atoms with Gasteiger partial charge in [0.05, 0.1) is 17.6 Å². The van der Waals surface area contributed by atoms with E-state index >= 15 is 0 Å². The molecule has 4 heteroatoms. The molecule has 0 spiro atoms. The lowest BCUT2D eigenvalue weighted by molar-refractivity contribution is 1.32. The number of halogens is 1. The number of rotatable bonds is 2. The second kappa shape index (κ2) is 4.19. The molecule has 3 N–H and O–H groups in total. The fourth-order valence-electron chi connectivity index (χ4n) is 1.20. The Balaban J connectivity index is 2.22. The zero-order chi connectivity index (χ0) is 10.7. The minimum Gasteiger partial charge on any atom is -0.397 e. The maximum Gasteiger partial charge on any atom is 0.0804 e. The maximum atomic E-state index is 5.78. The number of nitrogens with zero attached hydrogens (tertiary/aromatic N) is 1. The lowest BCUT2D eigenvalue weighted by Crippen LogP contribution is -1.96. The molecule has 0 aliphatic rings. The number of hydrogen-bond acceptors (Lipinski definition) is 3. The monoisotopic (exact) mass is 219 g/mol. The number of anilines is 3. The van der Waals surface area contributed by atoms with Crippen molar-refractivity contribution in [3.8, 4) is 0 Å². The van der Waals surface area contributed by atoms with Crippen LogP contribution in [-0.4, -0.2) is 4.98 Å². The number of nitrogens with one attached hydrogen (secondary N) is 1. The molecule has 2 rings (SSSR count). The van der Waals surface area contributed by atoms with Crippen LogP contribution in [0.5, 0.6) is 0 Å². The van der Waals surface area contributed by atoms with Gasteiger partial charge in [-0.15, -0.1) is 0 Å². The highest BCUT2D eigenvalue weighted by Gasteiger charge is 1.98. The van der Waals surface area contributed by atoms with Crippen LogP contribution in [0, 0.1) is 0 Å². The normalized spacial score (nSPS) is 9.93. The molecular formula is C11H10ClN3. The van der Waals surface area contributed by atoms with Crippen LogP contribution in [0.2, 0.25) is 5.02 Å². The summed E-state index contributed by atoms with van der Waals surface area (Å²) in [4.78, 5) is 3.99. The van der Waals surface area contributed by atoms with Crippen LogP contribution >= 0.6 is 11.6 Å². The molecule has 0 aliphatic heterocycles. The zero-order valence-corrected chi connectivity index (χ0v) is 8.70. The van der Waals surface area contributed by atoms with E-state index in [0.29, 0.717) is 10.7 Å². The summed E-state index contributed by atoms with van der Waals surface area (Å²) in [5, 5.41) is 3.86. The Morgan fingerprint density at radius 2 is 1.87 bits per heavy atom. The van der Waals surface area contributed by atoms with Crippen LogP contribution in [0.4, 0.5) is 17.1 Å². The molecule has 0 saturated heterocycles. The molecule has 0 unspecified atom stereocenters. The van der Waals surface area contributed by atoms with Gasteiger partial charge in [-0.3, -0.25) is 4.98 Å². The van der Waals surface area contributed by atoms with Crippen molar-refractivity contribution in [2.24, 2.45) is 0 Å². The third-order valence-corrected chi connectivity index (χ3v) is 2.23. The molecule has 0 amide bonds. The Bertz CT molecular complexity index is 454. The first kappa shape index (κ1) is 9.80. The van der Waals surface area contributed by atoms with Gasteiger partial charge in [-0.2, -0.15) is 0 Å². The van der Waals surface area contributed by atoms with E-state index in [4.69, 9.17) is 17.3 Å². The van der Waals surface area contributed by atoms with Crippen LogP contribution in [0.25, 0.3) is 0 Å². The molecule has 0 fully saturated rings. The number of aromatic nitrogens is 1. The van der Waals surface area contributed by atoms with E-state index < -0.39 is 0 Å². The second-order valence-corrected chi connectivity index (χ2v) is 3.53. The third kappa shape index (κ3) is 2.39. The Labute approximate surface area is 92.9 Å². The van der Waals surface area contributed by atoms with Crippen molar-refractivity contribution in [2.75, 3.05) is 11.1 Å². The first-order valence-electron chi connectivity index (χ1n) is 4.48. The van der Waals surface area contributed by atoms with Gasteiger partial charge in [0.2, 0.25) is 0 Å². The first-order chi connectivity index (χ1) is 7.25. The lowest BCUT2D eigenvalue weighted by atomic mass is 10.3. The van der Waals surface area contributed by atoms with E-state index in [1.807, 2.05) is 24.3 Å². The molecule has 0 bridgehead atoms. The first-order valence-corrected chi connectivity index (χ1v) is 4.85. The van der Waals surface area contributed by atoms with Gasteiger partial charge in [0.15, 0.2) is 0 Å². The summed E-state index contributed by atoms with van der Waals surface area (Å²) >= 11 is 5.78. The van der Waals surface area contributed by atoms with Crippen molar-refractivity contribution in [3.05, 3.63) is 47.7 Å². The topological polar surface area (TPSA) is 50.9 Å². The average molecular weight is 220 g/mol. The van der Waals surface area contributed by atoms with Crippen molar-refractivity contribution in [1.82, 2.24) is 4.98 Å². The molecule has 1 heterocycles. The van der Waals surface area contributed by atoms with Crippen LogP contribution in [0.3, 0.4) is 0 Å². The van der Waals surface area contributed by atoms with Gasteiger partial charge in [-0.05, 0) is 30.3 Å². The van der Waals surface area contributed by atoms with Crippen molar-refractivity contribution in [2.45, 2.75) is 0 Å². The lowest BCUT2D eigenvalue weighted by Gasteiger charge is -2.07. The SMILES string of the molecule is Nc1ccncc1Nc1ccc(Cl)cc1. The summed E-state index contributed by atoms with van der Waals surface area (Å²) in [7, 11) is 0. The molecule has 0 atom stereocenters. The minimum atomic E-state index is 0.667. The van der Waals surface area contributed by atoms with Gasteiger partial charge >= 0.3 is 0 Å². The quantitative estimate of drug-likeness (QED) is 0.816. The van der Waals surface area contributed by atoms with E-state index in [-0.39, 0.29) is 0 Å². The Morgan fingerprint density at radius 3 is 2.53 bits per heavy atom. The van der Waals surface area contributed by atoms with Crippen LogP contribution in [0.15, 0.2) is 42.7 Å².